The van der Waals surface area contributed by atoms with Crippen molar-refractivity contribution in [2.24, 2.45) is 0 Å². The van der Waals surface area contributed by atoms with Gasteiger partial charge in [0, 0.05) is 77.9 Å². The Kier molecular flexibility index (Phi) is 12.1. The smallest absolute Gasteiger partial charge is 0.407 e. The molecule has 1 aliphatic carbocycles. The van der Waals surface area contributed by atoms with Gasteiger partial charge in [0.2, 0.25) is 0 Å². The molecule has 1 saturated carbocycles. The van der Waals surface area contributed by atoms with Crippen molar-refractivity contribution in [1.82, 2.24) is 34.6 Å². The molecule has 0 radical (unpaired) electrons. The molecule has 3 fully saturated rings. The second-order valence-electron chi connectivity index (χ2n) is 17.8. The Morgan fingerprint density at radius 1 is 0.929 bits per heavy atom. The van der Waals surface area contributed by atoms with Gasteiger partial charge in [-0.05, 0) is 101 Å². The van der Waals surface area contributed by atoms with Gasteiger partial charge in [0.15, 0.2) is 0 Å². The first kappa shape index (κ1) is 39.8. The quantitative estimate of drug-likeness (QED) is 0.110. The van der Waals surface area contributed by atoms with Gasteiger partial charge in [-0.15, -0.1) is 0 Å². The number of rotatable bonds is 13. The number of carbonyl (C=O) groups excluding carboxylic acids is 2. The molecule has 300 valence electrons. The molecule has 7 rings (SSSR count). The maximum Gasteiger partial charge on any atom is 0.407 e. The standard InChI is InChI=1S/C42H59N9O4Si/c1-42(2,3)55-41(53)47-33-8-7-17-48(27-33)26-30-15-16-43-36(24-30)40(52)46-32-11-9-31(10-12-32)37-25-35-38(50-20-18-49(19-21-50)34-13-14-34)44-28-45-39(35)51(37)29-54-22-23-56(4,5)6/h9-12,15-16,24-25,28,33-34H,7-8,13-14,17-23,26-27,29H2,1-6H3,(H,46,52)(H,47,53)/t33-/m1/s1. The van der Waals surface area contributed by atoms with E-state index >= 15 is 0 Å². The van der Waals surface area contributed by atoms with Crippen molar-refractivity contribution < 1.29 is 19.1 Å². The summed E-state index contributed by atoms with van der Waals surface area (Å²) in [4.78, 5) is 47.1. The normalized spacial score (nSPS) is 18.6. The third-order valence-electron chi connectivity index (χ3n) is 10.7. The summed E-state index contributed by atoms with van der Waals surface area (Å²) in [6.45, 7) is 20.1. The van der Waals surface area contributed by atoms with E-state index in [1.54, 1.807) is 12.5 Å². The first-order chi connectivity index (χ1) is 26.8. The minimum Gasteiger partial charge on any atom is -0.444 e. The van der Waals surface area contributed by atoms with Crippen LogP contribution in [0.3, 0.4) is 0 Å². The van der Waals surface area contributed by atoms with Gasteiger partial charge in [0.25, 0.3) is 5.91 Å². The van der Waals surface area contributed by atoms with E-state index in [0.717, 1.165) is 91.3 Å². The van der Waals surface area contributed by atoms with Crippen LogP contribution in [0, 0.1) is 0 Å². The van der Waals surface area contributed by atoms with Gasteiger partial charge < -0.3 is 29.6 Å². The molecule has 13 nitrogen and oxygen atoms in total. The van der Waals surface area contributed by atoms with Gasteiger partial charge in [-0.1, -0.05) is 31.8 Å². The lowest BCUT2D eigenvalue weighted by atomic mass is 10.0. The number of amides is 2. The summed E-state index contributed by atoms with van der Waals surface area (Å²) in [5.41, 5.74) is 4.35. The van der Waals surface area contributed by atoms with E-state index in [4.69, 9.17) is 19.4 Å². The molecule has 56 heavy (non-hydrogen) atoms. The lowest BCUT2D eigenvalue weighted by Gasteiger charge is -2.35. The second-order valence-corrected chi connectivity index (χ2v) is 23.4. The van der Waals surface area contributed by atoms with Crippen molar-refractivity contribution in [3.8, 4) is 11.3 Å². The first-order valence-corrected chi connectivity index (χ1v) is 24.0. The maximum absolute atomic E-state index is 13.4. The summed E-state index contributed by atoms with van der Waals surface area (Å²) in [7, 11) is -1.25. The summed E-state index contributed by atoms with van der Waals surface area (Å²) in [6, 6.07) is 15.8. The van der Waals surface area contributed by atoms with E-state index in [2.05, 4.69) is 60.6 Å². The molecule has 2 saturated heterocycles. The minimum atomic E-state index is -1.25. The fourth-order valence-electron chi connectivity index (χ4n) is 7.61. The average Bonchev–Trinajstić information content (AvgIpc) is 3.93. The number of alkyl carbamates (subject to hydrolysis) is 1. The van der Waals surface area contributed by atoms with E-state index in [1.807, 2.05) is 57.2 Å². The Morgan fingerprint density at radius 3 is 2.41 bits per heavy atom. The molecule has 2 N–H and O–H groups in total. The molecule has 14 heteroatoms. The van der Waals surface area contributed by atoms with Crippen molar-refractivity contribution in [3.05, 3.63) is 66.2 Å². The number of nitrogens with zero attached hydrogens (tertiary/aromatic N) is 7. The predicted octanol–water partition coefficient (Wildman–Crippen LogP) is 6.83. The monoisotopic (exact) mass is 781 g/mol. The van der Waals surface area contributed by atoms with Crippen LogP contribution in [0.15, 0.2) is 55.0 Å². The second kappa shape index (κ2) is 17.0. The van der Waals surface area contributed by atoms with Crippen LogP contribution in [-0.2, 0) is 22.7 Å². The Hall–Kier alpha value is -4.37. The number of pyridine rings is 1. The van der Waals surface area contributed by atoms with Crippen molar-refractivity contribution in [2.45, 2.75) is 103 Å². The fourth-order valence-corrected chi connectivity index (χ4v) is 8.37. The largest absolute Gasteiger partial charge is 0.444 e. The molecule has 1 aromatic carbocycles. The fraction of sp³-hybridized carbons (Fsp3) is 0.548. The van der Waals surface area contributed by atoms with Crippen LogP contribution in [0.4, 0.5) is 16.3 Å². The number of ether oxygens (including phenoxy) is 2. The van der Waals surface area contributed by atoms with Gasteiger partial charge in [-0.25, -0.2) is 14.8 Å². The number of nitrogens with one attached hydrogen (secondary N) is 2. The molecule has 4 aromatic rings. The van der Waals surface area contributed by atoms with Crippen LogP contribution in [-0.4, -0.2) is 113 Å². The summed E-state index contributed by atoms with van der Waals surface area (Å²) < 4.78 is 13.9. The molecular weight excluding hydrogens is 723 g/mol. The van der Waals surface area contributed by atoms with E-state index in [0.29, 0.717) is 37.8 Å². The number of aromatic nitrogens is 4. The minimum absolute atomic E-state index is 0.0117. The number of fused-ring (bicyclic) bond motifs is 1. The van der Waals surface area contributed by atoms with Crippen LogP contribution >= 0.6 is 0 Å². The Balaban J connectivity index is 1.03. The maximum atomic E-state index is 13.4. The molecule has 0 bridgehead atoms. The molecule has 5 heterocycles. The molecule has 2 amide bonds. The molecule has 3 aromatic heterocycles. The highest BCUT2D eigenvalue weighted by Gasteiger charge is 2.32. The Morgan fingerprint density at radius 2 is 1.70 bits per heavy atom. The summed E-state index contributed by atoms with van der Waals surface area (Å²) in [6.07, 6.45) is 7.50. The highest BCUT2D eigenvalue weighted by atomic mass is 28.3. The SMILES string of the molecule is CC(C)(C)OC(=O)N[C@@H]1CCCN(Cc2ccnc(C(=O)Nc3ccc(-c4cc5c(N6CCN(C7CC7)CC6)ncnc5n4COCC[Si](C)(C)C)cc3)c2)C1. The highest BCUT2D eigenvalue weighted by molar-refractivity contribution is 6.76. The zero-order valence-corrected chi connectivity index (χ0v) is 35.0. The van der Waals surface area contributed by atoms with Crippen molar-refractivity contribution >= 4 is 42.6 Å². The Labute approximate surface area is 332 Å². The topological polar surface area (TPSA) is 130 Å². The van der Waals surface area contributed by atoms with E-state index < -0.39 is 13.7 Å². The zero-order chi connectivity index (χ0) is 39.5. The molecule has 3 aliphatic rings. The number of likely N-dealkylation sites (tertiary alicyclic amines) is 1. The number of piperidine rings is 1. The van der Waals surface area contributed by atoms with Crippen LogP contribution in [0.2, 0.25) is 25.7 Å². The molecule has 1 atom stereocenters. The Bertz CT molecular complexity index is 1980. The number of piperazine rings is 1. The van der Waals surface area contributed by atoms with Gasteiger partial charge in [0.1, 0.15) is 35.8 Å². The number of benzene rings is 1. The third-order valence-corrected chi connectivity index (χ3v) is 12.4. The predicted molar refractivity (Wildman–Crippen MR) is 224 cm³/mol. The molecular formula is C42H59N9O4Si. The zero-order valence-electron chi connectivity index (χ0n) is 34.0. The van der Waals surface area contributed by atoms with E-state index in [9.17, 15) is 9.59 Å². The number of carbonyl (C=O) groups is 2. The van der Waals surface area contributed by atoms with Gasteiger partial charge >= 0.3 is 6.09 Å². The van der Waals surface area contributed by atoms with Crippen molar-refractivity contribution in [3.63, 3.8) is 0 Å². The van der Waals surface area contributed by atoms with Crippen LogP contribution in [0.1, 0.15) is 62.5 Å². The summed E-state index contributed by atoms with van der Waals surface area (Å²) >= 11 is 0. The number of hydrogen-bond donors (Lipinski definition) is 2. The lowest BCUT2D eigenvalue weighted by Crippen LogP contribution is -2.48. The summed E-state index contributed by atoms with van der Waals surface area (Å²) in [5, 5.41) is 7.09. The third kappa shape index (κ3) is 10.5. The molecule has 0 unspecified atom stereocenters. The number of anilines is 2. The van der Waals surface area contributed by atoms with Crippen LogP contribution in [0.25, 0.3) is 22.3 Å². The van der Waals surface area contributed by atoms with Crippen molar-refractivity contribution in [2.75, 3.05) is 56.1 Å². The van der Waals surface area contributed by atoms with Gasteiger partial charge in [0.05, 0.1) is 11.1 Å². The molecule has 0 spiro atoms. The van der Waals surface area contributed by atoms with Gasteiger partial charge in [-0.3, -0.25) is 19.6 Å². The summed E-state index contributed by atoms with van der Waals surface area (Å²) in [5.74, 6) is 0.707. The van der Waals surface area contributed by atoms with Gasteiger partial charge in [-0.2, -0.15) is 0 Å². The highest BCUT2D eigenvalue weighted by Crippen LogP contribution is 2.34. The van der Waals surface area contributed by atoms with Crippen LogP contribution in [0.5, 0.6) is 0 Å². The first-order valence-electron chi connectivity index (χ1n) is 20.3. The van der Waals surface area contributed by atoms with Crippen molar-refractivity contribution in [1.29, 1.82) is 0 Å². The lowest BCUT2D eigenvalue weighted by molar-refractivity contribution is 0.0470. The van der Waals surface area contributed by atoms with Crippen LogP contribution < -0.4 is 15.5 Å². The van der Waals surface area contributed by atoms with E-state index in [-0.39, 0.29) is 18.0 Å². The number of hydrogen-bond acceptors (Lipinski definition) is 10. The molecule has 2 aliphatic heterocycles. The average molecular weight is 782 g/mol. The van der Waals surface area contributed by atoms with E-state index in [1.165, 1.54) is 12.8 Å².